The molecule has 7 heteroatoms. The molecule has 0 amide bonds. The Morgan fingerprint density at radius 2 is 1.59 bits per heavy atom. The second-order valence-electron chi connectivity index (χ2n) is 16.5. The zero-order valence-electron chi connectivity index (χ0n) is 32.2. The van der Waals surface area contributed by atoms with Gasteiger partial charge in [-0.3, -0.25) is 4.79 Å². The van der Waals surface area contributed by atoms with Crippen LogP contribution in [0.5, 0.6) is 0 Å². The van der Waals surface area contributed by atoms with Crippen LogP contribution in [0.15, 0.2) is 78.9 Å². The summed E-state index contributed by atoms with van der Waals surface area (Å²) < 4.78 is 0. The number of thioether (sulfide) groups is 1. The quantitative estimate of drug-likeness (QED) is 0.119. The second kappa shape index (κ2) is 19.1. The number of fused-ring (bicyclic) bond motifs is 1. The summed E-state index contributed by atoms with van der Waals surface area (Å²) in [6.45, 7) is 3.66. The molecule has 54 heavy (non-hydrogen) atoms. The summed E-state index contributed by atoms with van der Waals surface area (Å²) in [7, 11) is 0. The highest BCUT2D eigenvalue weighted by atomic mass is 35.5. The summed E-state index contributed by atoms with van der Waals surface area (Å²) in [5.74, 6) is 0.122. The van der Waals surface area contributed by atoms with E-state index in [2.05, 4.69) is 47.8 Å². The zero-order valence-corrected chi connectivity index (χ0v) is 33.8. The molecule has 3 N–H and O–H groups in total. The number of nitrogens with zero attached hydrogens (tertiary/aromatic N) is 1. The number of carboxylic acid groups (broad SMARTS) is 1. The van der Waals surface area contributed by atoms with Crippen LogP contribution >= 0.6 is 23.4 Å². The number of halogens is 1. The van der Waals surface area contributed by atoms with Crippen molar-refractivity contribution in [2.75, 3.05) is 5.75 Å². The number of aliphatic carboxylic acids is 1. The Morgan fingerprint density at radius 1 is 0.907 bits per heavy atom. The summed E-state index contributed by atoms with van der Waals surface area (Å²) in [6, 6.07) is 28.2. The molecule has 3 aliphatic carbocycles. The molecule has 1 aromatic heterocycles. The molecule has 1 heterocycles. The van der Waals surface area contributed by atoms with Crippen molar-refractivity contribution in [1.82, 2.24) is 10.3 Å². The Balaban J connectivity index is 0.000000321. The van der Waals surface area contributed by atoms with Gasteiger partial charge < -0.3 is 15.5 Å². The lowest BCUT2D eigenvalue weighted by molar-refractivity contribution is -0.138. The van der Waals surface area contributed by atoms with Crippen molar-refractivity contribution in [2.45, 2.75) is 133 Å². The predicted octanol–water partition coefficient (Wildman–Crippen LogP) is 12.2. The molecule has 5 nitrogen and oxygen atoms in total. The van der Waals surface area contributed by atoms with Crippen LogP contribution in [0.2, 0.25) is 5.02 Å². The highest BCUT2D eigenvalue weighted by Crippen LogP contribution is 2.53. The van der Waals surface area contributed by atoms with Crippen molar-refractivity contribution in [3.63, 3.8) is 0 Å². The minimum absolute atomic E-state index is 0.0814. The monoisotopic (exact) mass is 766 g/mol. The molecule has 3 saturated carbocycles. The smallest absolute Gasteiger partial charge is 0.303 e. The first-order valence-corrected chi connectivity index (χ1v) is 21.7. The first-order chi connectivity index (χ1) is 26.0. The standard InChI is InChI=1S/C35H36ClNO3S.C12H23N/c1-34(2,40)30-9-4-3-7-25(30)13-17-32(41-23-35(18-19-35)22-33(38)39)27-8-5-6-24(20-27)10-15-29-16-12-26-11-14-28(36)21-31(26)37-29;1-3-7-11(8-4-1)13-12-9-5-2-6-10-12/h3-12,14-16,20-21,32,40H,13,17-19,22-23H2,1-2H3,(H,38,39);11-13H,1-10H2/t32-;/m1./s1. The van der Waals surface area contributed by atoms with E-state index in [1.165, 1.54) is 69.8 Å². The molecule has 0 aliphatic heterocycles. The van der Waals surface area contributed by atoms with Crippen LogP contribution in [0, 0.1) is 5.41 Å². The lowest BCUT2D eigenvalue weighted by Crippen LogP contribution is -2.40. The van der Waals surface area contributed by atoms with Crippen molar-refractivity contribution in [1.29, 1.82) is 0 Å². The number of rotatable bonds is 14. The van der Waals surface area contributed by atoms with Crippen molar-refractivity contribution in [2.24, 2.45) is 5.41 Å². The molecule has 0 radical (unpaired) electrons. The molecule has 0 unspecified atom stereocenters. The van der Waals surface area contributed by atoms with E-state index in [0.717, 1.165) is 76.8 Å². The maximum absolute atomic E-state index is 11.5. The number of nitrogens with one attached hydrogen (secondary N) is 1. The molecular weight excluding hydrogens is 708 g/mol. The van der Waals surface area contributed by atoms with E-state index in [4.69, 9.17) is 16.6 Å². The van der Waals surface area contributed by atoms with Crippen LogP contribution in [0.3, 0.4) is 0 Å². The fraction of sp³-hybridized carbons (Fsp3) is 0.489. The van der Waals surface area contributed by atoms with Gasteiger partial charge >= 0.3 is 5.97 Å². The fourth-order valence-corrected chi connectivity index (χ4v) is 9.97. The molecule has 3 aromatic carbocycles. The van der Waals surface area contributed by atoms with Crippen molar-refractivity contribution < 1.29 is 15.0 Å². The van der Waals surface area contributed by atoms with E-state index < -0.39 is 11.6 Å². The molecule has 4 aromatic rings. The van der Waals surface area contributed by atoms with Gasteiger partial charge in [0.25, 0.3) is 0 Å². The van der Waals surface area contributed by atoms with Gasteiger partial charge in [0.2, 0.25) is 0 Å². The van der Waals surface area contributed by atoms with Gasteiger partial charge in [-0.1, -0.05) is 117 Å². The van der Waals surface area contributed by atoms with E-state index in [1.807, 2.05) is 74.1 Å². The van der Waals surface area contributed by atoms with Gasteiger partial charge in [0.15, 0.2) is 0 Å². The Bertz CT molecular complexity index is 1840. The van der Waals surface area contributed by atoms with Crippen LogP contribution in [0.25, 0.3) is 23.1 Å². The van der Waals surface area contributed by atoms with Crippen LogP contribution in [-0.2, 0) is 16.8 Å². The number of hydrogen-bond donors (Lipinski definition) is 3. The number of aryl methyl sites for hydroxylation is 1. The number of aromatic nitrogens is 1. The number of carboxylic acids is 1. The molecule has 1 atom stereocenters. The number of aliphatic hydroxyl groups is 1. The number of hydrogen-bond acceptors (Lipinski definition) is 5. The lowest BCUT2D eigenvalue weighted by Gasteiger charge is -2.30. The Kier molecular flexibility index (Phi) is 14.3. The number of benzene rings is 3. The Labute approximate surface area is 332 Å². The SMILES string of the molecule is C1CCC(NC2CCCCC2)CC1.CC(C)(O)c1ccccc1CC[C@@H](SCC1(CC(=O)O)CC1)c1cccc(C=Cc2ccc3ccc(Cl)cc3n2)c1. The third-order valence-electron chi connectivity index (χ3n) is 11.5. The third kappa shape index (κ3) is 12.2. The molecule has 3 fully saturated rings. The minimum atomic E-state index is -0.911. The van der Waals surface area contributed by atoms with E-state index in [-0.39, 0.29) is 17.1 Å². The van der Waals surface area contributed by atoms with Crippen LogP contribution in [0.4, 0.5) is 0 Å². The van der Waals surface area contributed by atoms with E-state index >= 15 is 0 Å². The van der Waals surface area contributed by atoms with E-state index in [0.29, 0.717) is 5.02 Å². The normalized spacial score (nSPS) is 18.3. The van der Waals surface area contributed by atoms with Gasteiger partial charge in [-0.25, -0.2) is 4.98 Å². The van der Waals surface area contributed by atoms with Crippen LogP contribution in [0.1, 0.15) is 137 Å². The van der Waals surface area contributed by atoms with Crippen LogP contribution in [-0.4, -0.2) is 39.0 Å². The van der Waals surface area contributed by atoms with E-state index in [9.17, 15) is 15.0 Å². The van der Waals surface area contributed by atoms with Gasteiger partial charge in [-0.15, -0.1) is 0 Å². The first kappa shape index (κ1) is 40.5. The topological polar surface area (TPSA) is 82.5 Å². The number of pyridine rings is 1. The van der Waals surface area contributed by atoms with Gasteiger partial charge in [-0.2, -0.15) is 11.8 Å². The average Bonchev–Trinajstić information content (AvgIpc) is 3.93. The van der Waals surface area contributed by atoms with Crippen molar-refractivity contribution >= 4 is 52.4 Å². The third-order valence-corrected chi connectivity index (χ3v) is 13.4. The van der Waals surface area contributed by atoms with Crippen LogP contribution < -0.4 is 5.32 Å². The summed E-state index contributed by atoms with van der Waals surface area (Å²) >= 11 is 8.04. The zero-order chi connectivity index (χ0) is 38.0. The van der Waals surface area contributed by atoms with Gasteiger partial charge in [0, 0.05) is 33.5 Å². The lowest BCUT2D eigenvalue weighted by atomic mass is 9.90. The highest BCUT2D eigenvalue weighted by molar-refractivity contribution is 7.99. The highest BCUT2D eigenvalue weighted by Gasteiger charge is 2.44. The average molecular weight is 768 g/mol. The predicted molar refractivity (Wildman–Crippen MR) is 228 cm³/mol. The number of carbonyl (C=O) groups is 1. The first-order valence-electron chi connectivity index (χ1n) is 20.3. The molecular formula is C47H59ClN2O3S. The largest absolute Gasteiger partial charge is 0.481 e. The van der Waals surface area contributed by atoms with Crippen molar-refractivity contribution in [3.8, 4) is 0 Å². The Hall–Kier alpha value is -3.16. The molecule has 3 aliphatic rings. The van der Waals surface area contributed by atoms with Gasteiger partial charge in [-0.05, 0) is 117 Å². The van der Waals surface area contributed by atoms with Gasteiger partial charge in [0.1, 0.15) is 0 Å². The maximum Gasteiger partial charge on any atom is 0.303 e. The Morgan fingerprint density at radius 3 is 2.26 bits per heavy atom. The fourth-order valence-electron chi connectivity index (χ4n) is 8.23. The maximum atomic E-state index is 11.5. The minimum Gasteiger partial charge on any atom is -0.481 e. The molecule has 288 valence electrons. The summed E-state index contributed by atoms with van der Waals surface area (Å²) in [4.78, 5) is 16.2. The molecule has 0 bridgehead atoms. The summed E-state index contributed by atoms with van der Waals surface area (Å²) in [6.07, 6.45) is 22.6. The van der Waals surface area contributed by atoms with E-state index in [1.54, 1.807) is 0 Å². The summed E-state index contributed by atoms with van der Waals surface area (Å²) in [5, 5.41) is 26.0. The summed E-state index contributed by atoms with van der Waals surface area (Å²) in [5.41, 5.74) is 5.15. The van der Waals surface area contributed by atoms with Gasteiger partial charge in [0.05, 0.1) is 23.2 Å². The molecule has 0 spiro atoms. The van der Waals surface area contributed by atoms with Crippen molar-refractivity contribution in [3.05, 3.63) is 112 Å². The molecule has 0 saturated heterocycles. The molecule has 7 rings (SSSR count). The second-order valence-corrected chi connectivity index (χ2v) is 18.2.